The molecule has 5 aromatic rings. The number of para-hydroxylation sites is 1. The van der Waals surface area contributed by atoms with Gasteiger partial charge in [0.2, 0.25) is 0 Å². The van der Waals surface area contributed by atoms with Crippen molar-refractivity contribution < 1.29 is 4.79 Å². The minimum absolute atomic E-state index is 0.0583. The van der Waals surface area contributed by atoms with Gasteiger partial charge in [0.05, 0.1) is 0 Å². The van der Waals surface area contributed by atoms with Crippen LogP contribution in [-0.4, -0.2) is 25.8 Å². The van der Waals surface area contributed by atoms with Crippen LogP contribution in [0.25, 0.3) is 22.3 Å². The molecule has 3 nitrogen and oxygen atoms in total. The van der Waals surface area contributed by atoms with Crippen molar-refractivity contribution >= 4 is 51.4 Å². The van der Waals surface area contributed by atoms with Gasteiger partial charge in [-0.05, 0) is 0 Å². The standard InChI is InChI=1S/C30H21BrN2OSe/c31-25-13-5-7-16-29(25)35-28-18-17-22(21-10-2-1-3-11-21)20-24(28)23-12-4-6-14-26(23)33-30(34)27-15-8-9-19-32-27/h1-20H,(H,33,34). The molecule has 170 valence electrons. The zero-order valence-electron chi connectivity index (χ0n) is 18.7. The second-order valence-electron chi connectivity index (χ2n) is 7.82. The van der Waals surface area contributed by atoms with Crippen LogP contribution in [0.4, 0.5) is 5.69 Å². The van der Waals surface area contributed by atoms with Gasteiger partial charge in [0.1, 0.15) is 0 Å². The first-order chi connectivity index (χ1) is 17.2. The number of pyridine rings is 1. The van der Waals surface area contributed by atoms with E-state index >= 15 is 0 Å². The van der Waals surface area contributed by atoms with Crippen LogP contribution in [0.1, 0.15) is 10.5 Å². The molecule has 0 bridgehead atoms. The summed E-state index contributed by atoms with van der Waals surface area (Å²) >= 11 is 3.77. The Balaban J connectivity index is 1.61. The number of nitrogens with one attached hydrogen (secondary N) is 1. The Bertz CT molecular complexity index is 1470. The van der Waals surface area contributed by atoms with Crippen LogP contribution in [0.3, 0.4) is 0 Å². The molecule has 0 radical (unpaired) electrons. The number of halogens is 1. The molecule has 0 aliphatic carbocycles. The number of anilines is 1. The SMILES string of the molecule is O=C(Nc1ccccc1-c1cc(-c2ccccc2)ccc1[Se]c1ccccc1Br)c1ccccn1. The van der Waals surface area contributed by atoms with Crippen molar-refractivity contribution in [2.45, 2.75) is 0 Å². The number of hydrogen-bond donors (Lipinski definition) is 1. The zero-order valence-corrected chi connectivity index (χ0v) is 22.0. The summed E-state index contributed by atoms with van der Waals surface area (Å²) in [7, 11) is 0. The van der Waals surface area contributed by atoms with Gasteiger partial charge < -0.3 is 0 Å². The number of carbonyl (C=O) groups excluding carboxylic acids is 1. The molecular formula is C30H21BrN2OSe. The molecule has 1 amide bonds. The Morgan fingerprint density at radius 2 is 1.43 bits per heavy atom. The molecule has 5 rings (SSSR count). The molecule has 35 heavy (non-hydrogen) atoms. The molecule has 0 saturated carbocycles. The summed E-state index contributed by atoms with van der Waals surface area (Å²) in [5.74, 6) is -0.227. The maximum absolute atomic E-state index is 12.9. The third kappa shape index (κ3) is 5.44. The van der Waals surface area contributed by atoms with E-state index in [1.165, 1.54) is 8.92 Å². The van der Waals surface area contributed by atoms with Crippen LogP contribution < -0.4 is 14.2 Å². The summed E-state index contributed by atoms with van der Waals surface area (Å²) in [5.41, 5.74) is 5.54. The van der Waals surface area contributed by atoms with Gasteiger partial charge in [-0.3, -0.25) is 0 Å². The first kappa shape index (κ1) is 23.3. The Kier molecular flexibility index (Phi) is 7.20. The van der Waals surface area contributed by atoms with Crippen molar-refractivity contribution in [2.24, 2.45) is 0 Å². The predicted octanol–water partition coefficient (Wildman–Crippen LogP) is 6.09. The topological polar surface area (TPSA) is 42.0 Å². The fraction of sp³-hybridized carbons (Fsp3) is 0. The van der Waals surface area contributed by atoms with E-state index in [-0.39, 0.29) is 20.9 Å². The average molecular weight is 584 g/mol. The number of aromatic nitrogens is 1. The first-order valence-corrected chi connectivity index (χ1v) is 13.6. The van der Waals surface area contributed by atoms with Crippen LogP contribution in [0.5, 0.6) is 0 Å². The van der Waals surface area contributed by atoms with E-state index in [4.69, 9.17) is 0 Å². The Labute approximate surface area is 219 Å². The minimum atomic E-state index is -0.227. The summed E-state index contributed by atoms with van der Waals surface area (Å²) < 4.78 is 3.61. The number of hydrogen-bond acceptors (Lipinski definition) is 2. The quantitative estimate of drug-likeness (QED) is 0.246. The Hall–Kier alpha value is -3.50. The average Bonchev–Trinajstić information content (AvgIpc) is 2.91. The molecule has 0 spiro atoms. The Morgan fingerprint density at radius 3 is 2.23 bits per heavy atom. The van der Waals surface area contributed by atoms with Crippen LogP contribution in [-0.2, 0) is 0 Å². The van der Waals surface area contributed by atoms with Gasteiger partial charge >= 0.3 is 220 Å². The van der Waals surface area contributed by atoms with Crippen LogP contribution in [0.2, 0.25) is 0 Å². The summed E-state index contributed by atoms with van der Waals surface area (Å²) in [6, 6.07) is 38.6. The van der Waals surface area contributed by atoms with Gasteiger partial charge in [-0.2, -0.15) is 0 Å². The van der Waals surface area contributed by atoms with Crippen molar-refractivity contribution in [1.29, 1.82) is 0 Å². The van der Waals surface area contributed by atoms with Gasteiger partial charge in [-0.25, -0.2) is 0 Å². The fourth-order valence-corrected chi connectivity index (χ4v) is 6.52. The second kappa shape index (κ2) is 10.8. The van der Waals surface area contributed by atoms with Crippen molar-refractivity contribution in [2.75, 3.05) is 5.32 Å². The maximum atomic E-state index is 12.9. The van der Waals surface area contributed by atoms with Gasteiger partial charge in [0.25, 0.3) is 0 Å². The molecule has 0 aliphatic rings. The van der Waals surface area contributed by atoms with Gasteiger partial charge in [-0.1, -0.05) is 0 Å². The third-order valence-electron chi connectivity index (χ3n) is 5.51. The molecular weight excluding hydrogens is 563 g/mol. The molecule has 0 unspecified atom stereocenters. The Morgan fingerprint density at radius 1 is 0.686 bits per heavy atom. The molecule has 5 heteroatoms. The number of rotatable bonds is 6. The van der Waals surface area contributed by atoms with Gasteiger partial charge in [0.15, 0.2) is 0 Å². The van der Waals surface area contributed by atoms with Crippen molar-refractivity contribution in [1.82, 2.24) is 4.98 Å². The molecule has 1 aromatic heterocycles. The van der Waals surface area contributed by atoms with Crippen molar-refractivity contribution in [3.63, 3.8) is 0 Å². The normalized spacial score (nSPS) is 10.7. The van der Waals surface area contributed by atoms with Gasteiger partial charge in [-0.15, -0.1) is 0 Å². The number of amides is 1. The van der Waals surface area contributed by atoms with Crippen molar-refractivity contribution in [3.05, 3.63) is 132 Å². The monoisotopic (exact) mass is 584 g/mol. The van der Waals surface area contributed by atoms with Crippen LogP contribution in [0.15, 0.2) is 126 Å². The van der Waals surface area contributed by atoms with Crippen LogP contribution in [0, 0.1) is 0 Å². The molecule has 1 heterocycles. The molecule has 0 saturated heterocycles. The fourth-order valence-electron chi connectivity index (χ4n) is 3.80. The molecule has 4 aromatic carbocycles. The van der Waals surface area contributed by atoms with Crippen molar-refractivity contribution in [3.8, 4) is 22.3 Å². The van der Waals surface area contributed by atoms with E-state index in [0.717, 1.165) is 32.4 Å². The van der Waals surface area contributed by atoms with E-state index < -0.39 is 0 Å². The number of benzene rings is 4. The first-order valence-electron chi connectivity index (χ1n) is 11.1. The zero-order chi connectivity index (χ0) is 24.0. The predicted molar refractivity (Wildman–Crippen MR) is 149 cm³/mol. The molecule has 0 atom stereocenters. The second-order valence-corrected chi connectivity index (χ2v) is 11.0. The number of nitrogens with zero attached hydrogens (tertiary/aromatic N) is 1. The molecule has 0 aliphatic heterocycles. The van der Waals surface area contributed by atoms with E-state index in [2.05, 4.69) is 93.0 Å². The summed E-state index contributed by atoms with van der Waals surface area (Å²) in [4.78, 5) is 17.1. The third-order valence-corrected chi connectivity index (χ3v) is 9.20. The van der Waals surface area contributed by atoms with Gasteiger partial charge in [0, 0.05) is 0 Å². The summed E-state index contributed by atoms with van der Waals surface area (Å²) in [6.07, 6.45) is 1.63. The summed E-state index contributed by atoms with van der Waals surface area (Å²) in [5, 5.41) is 3.08. The number of carbonyl (C=O) groups is 1. The molecule has 1 N–H and O–H groups in total. The van der Waals surface area contributed by atoms with E-state index in [9.17, 15) is 4.79 Å². The van der Waals surface area contributed by atoms with Crippen LogP contribution >= 0.6 is 15.9 Å². The van der Waals surface area contributed by atoms with E-state index in [0.29, 0.717) is 5.69 Å². The van der Waals surface area contributed by atoms with E-state index in [1.807, 2.05) is 36.4 Å². The van der Waals surface area contributed by atoms with E-state index in [1.54, 1.807) is 18.3 Å². The summed E-state index contributed by atoms with van der Waals surface area (Å²) in [6.45, 7) is 0. The molecule has 0 fully saturated rings.